The van der Waals surface area contributed by atoms with Crippen molar-refractivity contribution in [3.05, 3.63) is 178 Å². The van der Waals surface area contributed by atoms with Crippen LogP contribution in [0.4, 0.5) is 51.4 Å². The molecule has 0 saturated carbocycles. The highest BCUT2D eigenvalue weighted by molar-refractivity contribution is 7.01. The molecule has 0 aliphatic carbocycles. The standard InChI is InChI=1S/C69H76BN3O2/c1-41-35-55-60-56(36-41)73(51-30-23-46(24-31-51)67(10,11)12)64-59(70(60)63-62(54-39-47(68(13,14)15)25-33-58(54)74-63)72(55)50-28-21-45(22-29-50)66(7,8)9)53-40-52(32-34-57(53)75-64)71(49-26-19-44(20-27-49)65(4,5)6)61-42(2)37-48(38-43(61)3)69(16,17)18/h19-40H,1-18H3. The maximum atomic E-state index is 7.45. The Morgan fingerprint density at radius 2 is 0.840 bits per heavy atom. The number of nitrogens with zero attached hydrogens (tertiary/aromatic N) is 3. The molecule has 382 valence electrons. The van der Waals surface area contributed by atoms with E-state index in [-0.39, 0.29) is 33.8 Å². The van der Waals surface area contributed by atoms with E-state index in [1.807, 2.05) is 0 Å². The van der Waals surface area contributed by atoms with Gasteiger partial charge in [-0.2, -0.15) is 0 Å². The number of aryl methyl sites for hydroxylation is 3. The third-order valence-corrected chi connectivity index (χ3v) is 16.1. The number of fused-ring (bicyclic) bond motifs is 8. The number of benzene rings is 7. The Labute approximate surface area is 447 Å². The number of anilines is 9. The molecule has 0 amide bonds. The normalized spacial score (nSPS) is 13.9. The third-order valence-electron chi connectivity index (χ3n) is 16.1. The van der Waals surface area contributed by atoms with Gasteiger partial charge in [-0.1, -0.05) is 158 Å². The molecule has 11 rings (SSSR count). The summed E-state index contributed by atoms with van der Waals surface area (Å²) in [6.45, 7) is 40.8. The van der Waals surface area contributed by atoms with Crippen molar-refractivity contribution in [2.45, 2.75) is 152 Å². The summed E-state index contributed by atoms with van der Waals surface area (Å²) >= 11 is 0. The highest BCUT2D eigenvalue weighted by Gasteiger charge is 2.49. The quantitative estimate of drug-likeness (QED) is 0.161. The molecule has 7 aromatic carbocycles. The first-order valence-electron chi connectivity index (χ1n) is 27.2. The van der Waals surface area contributed by atoms with E-state index in [0.29, 0.717) is 0 Å². The lowest BCUT2D eigenvalue weighted by atomic mass is 9.35. The van der Waals surface area contributed by atoms with Gasteiger partial charge in [0.25, 0.3) is 0 Å². The lowest BCUT2D eigenvalue weighted by Gasteiger charge is -2.41. The van der Waals surface area contributed by atoms with Crippen molar-refractivity contribution in [3.8, 4) is 0 Å². The van der Waals surface area contributed by atoms with E-state index in [0.717, 1.165) is 78.8 Å². The number of rotatable bonds is 5. The summed E-state index contributed by atoms with van der Waals surface area (Å²) in [6.07, 6.45) is 0. The molecule has 0 spiro atoms. The Morgan fingerprint density at radius 1 is 0.400 bits per heavy atom. The van der Waals surface area contributed by atoms with E-state index in [9.17, 15) is 0 Å². The summed E-state index contributed by atoms with van der Waals surface area (Å²) in [4.78, 5) is 7.36. The molecule has 0 unspecified atom stereocenters. The van der Waals surface area contributed by atoms with E-state index in [2.05, 4.69) is 273 Å². The molecule has 6 heteroatoms. The van der Waals surface area contributed by atoms with Crippen LogP contribution in [-0.4, -0.2) is 6.71 Å². The molecule has 0 atom stereocenters. The molecule has 2 aliphatic heterocycles. The van der Waals surface area contributed by atoms with Gasteiger partial charge in [0, 0.05) is 50.4 Å². The van der Waals surface area contributed by atoms with Crippen LogP contribution in [-0.2, 0) is 27.1 Å². The molecule has 5 nitrogen and oxygen atoms in total. The van der Waals surface area contributed by atoms with Gasteiger partial charge in [-0.25, -0.2) is 0 Å². The first-order chi connectivity index (χ1) is 35.1. The van der Waals surface area contributed by atoms with Gasteiger partial charge in [-0.05, 0) is 177 Å². The highest BCUT2D eigenvalue weighted by Crippen LogP contribution is 2.50. The lowest BCUT2D eigenvalue weighted by molar-refractivity contribution is 0.589. The van der Waals surface area contributed by atoms with Crippen LogP contribution >= 0.6 is 0 Å². The molecule has 2 aliphatic rings. The topological polar surface area (TPSA) is 36.0 Å². The monoisotopic (exact) mass is 990 g/mol. The smallest absolute Gasteiger partial charge is 0.302 e. The van der Waals surface area contributed by atoms with E-state index >= 15 is 0 Å². The first kappa shape index (κ1) is 50.3. The zero-order valence-electron chi connectivity index (χ0n) is 47.9. The molecule has 0 radical (unpaired) electrons. The minimum atomic E-state index is -0.299. The van der Waals surface area contributed by atoms with Gasteiger partial charge in [-0.3, -0.25) is 4.90 Å². The van der Waals surface area contributed by atoms with Gasteiger partial charge in [0.2, 0.25) is 5.88 Å². The summed E-state index contributed by atoms with van der Waals surface area (Å²) in [6, 6.07) is 50.8. The van der Waals surface area contributed by atoms with Gasteiger partial charge in [-0.15, -0.1) is 0 Å². The van der Waals surface area contributed by atoms with Crippen LogP contribution in [0, 0.1) is 20.8 Å². The average Bonchev–Trinajstić information content (AvgIpc) is 3.98. The van der Waals surface area contributed by atoms with Crippen molar-refractivity contribution < 1.29 is 8.83 Å². The number of furan rings is 2. The zero-order chi connectivity index (χ0) is 53.6. The molecular formula is C69H76BN3O2. The Hall–Kier alpha value is -6.92. The SMILES string of the molecule is Cc1cc2c3c(c1)N(c1ccc(C(C)(C)C)cc1)c1c(oc4ccc(C(C)(C)C)cc14)B3c1c(oc3ccc(N(c4ccc(C(C)(C)C)cc4)c4c(C)cc(C(C)(C)C)cc4C)cc13)N2c1ccc(C(C)(C)C)cc1. The van der Waals surface area contributed by atoms with E-state index in [1.165, 1.54) is 55.7 Å². The molecule has 0 N–H and O–H groups in total. The Morgan fingerprint density at radius 3 is 1.36 bits per heavy atom. The largest absolute Gasteiger partial charge is 0.468 e. The van der Waals surface area contributed by atoms with Crippen LogP contribution in [0.25, 0.3) is 21.9 Å². The van der Waals surface area contributed by atoms with Crippen molar-refractivity contribution in [3.63, 3.8) is 0 Å². The maximum absolute atomic E-state index is 7.45. The summed E-state index contributed by atoms with van der Waals surface area (Å²) in [5.74, 6) is 0.812. The van der Waals surface area contributed by atoms with Crippen molar-refractivity contribution in [2.75, 3.05) is 14.7 Å². The Balaban J connectivity index is 1.23. The number of hydrogen-bond donors (Lipinski definition) is 0. The zero-order valence-corrected chi connectivity index (χ0v) is 47.9. The average molecular weight is 990 g/mol. The fourth-order valence-electron chi connectivity index (χ4n) is 11.7. The van der Waals surface area contributed by atoms with Gasteiger partial charge < -0.3 is 18.6 Å². The summed E-state index contributed by atoms with van der Waals surface area (Å²) in [5.41, 5.74) is 23.8. The predicted octanol–water partition coefficient (Wildman–Crippen LogP) is 18.1. The molecule has 0 fully saturated rings. The molecule has 9 aromatic rings. The first-order valence-corrected chi connectivity index (χ1v) is 27.2. The summed E-state index contributed by atoms with van der Waals surface area (Å²) in [5, 5.41) is 2.17. The second-order valence-corrected chi connectivity index (χ2v) is 27.0. The molecule has 0 bridgehead atoms. The second-order valence-electron chi connectivity index (χ2n) is 27.0. The van der Waals surface area contributed by atoms with E-state index in [1.54, 1.807) is 0 Å². The maximum Gasteiger partial charge on any atom is 0.302 e. The Bertz CT molecular complexity index is 3680. The fraction of sp³-hybridized carbons (Fsp3) is 0.333. The van der Waals surface area contributed by atoms with Crippen LogP contribution in [0.3, 0.4) is 0 Å². The van der Waals surface area contributed by atoms with Crippen LogP contribution < -0.4 is 31.3 Å². The van der Waals surface area contributed by atoms with Crippen LogP contribution in [0.1, 0.15) is 148 Å². The molecule has 4 heterocycles. The number of hydrogen-bond acceptors (Lipinski definition) is 5. The second kappa shape index (κ2) is 17.0. The van der Waals surface area contributed by atoms with Crippen LogP contribution in [0.5, 0.6) is 0 Å². The van der Waals surface area contributed by atoms with Crippen molar-refractivity contribution >= 4 is 96.6 Å². The fourth-order valence-corrected chi connectivity index (χ4v) is 11.7. The van der Waals surface area contributed by atoms with Gasteiger partial charge in [0.1, 0.15) is 11.2 Å². The summed E-state index contributed by atoms with van der Waals surface area (Å²) in [7, 11) is 0. The van der Waals surface area contributed by atoms with Crippen molar-refractivity contribution in [1.82, 2.24) is 0 Å². The minimum absolute atomic E-state index is 0.00247. The minimum Gasteiger partial charge on any atom is -0.468 e. The van der Waals surface area contributed by atoms with Crippen LogP contribution in [0.15, 0.2) is 142 Å². The lowest BCUT2D eigenvalue weighted by Crippen LogP contribution is -2.60. The van der Waals surface area contributed by atoms with Crippen molar-refractivity contribution in [2.24, 2.45) is 0 Å². The van der Waals surface area contributed by atoms with Gasteiger partial charge >= 0.3 is 6.71 Å². The Kier molecular flexibility index (Phi) is 11.4. The summed E-state index contributed by atoms with van der Waals surface area (Å²) < 4.78 is 14.9. The van der Waals surface area contributed by atoms with Gasteiger partial charge in [0.15, 0.2) is 0 Å². The predicted molar refractivity (Wildman–Crippen MR) is 322 cm³/mol. The van der Waals surface area contributed by atoms with E-state index in [4.69, 9.17) is 8.83 Å². The van der Waals surface area contributed by atoms with Gasteiger partial charge in [0.05, 0.1) is 17.0 Å². The highest BCUT2D eigenvalue weighted by atomic mass is 16.4. The molecule has 0 saturated heterocycles. The third kappa shape index (κ3) is 8.48. The molecular weight excluding hydrogens is 914 g/mol. The van der Waals surface area contributed by atoms with E-state index < -0.39 is 0 Å². The molecule has 2 aromatic heterocycles. The molecule has 75 heavy (non-hydrogen) atoms. The van der Waals surface area contributed by atoms with Crippen molar-refractivity contribution in [1.29, 1.82) is 0 Å². The van der Waals surface area contributed by atoms with Crippen LogP contribution in [0.2, 0.25) is 0 Å².